The van der Waals surface area contributed by atoms with E-state index < -0.39 is 0 Å². The number of hydrogen-bond donors (Lipinski definition) is 0. The second-order valence-electron chi connectivity index (χ2n) is 4.40. The topological polar surface area (TPSA) is 39.9 Å². The Kier molecular flexibility index (Phi) is 3.41. The molecule has 0 aliphatic carbocycles. The molecule has 0 saturated carbocycles. The third kappa shape index (κ3) is 2.20. The Morgan fingerprint density at radius 1 is 1.50 bits per heavy atom. The Hall–Kier alpha value is -0.840. The van der Waals surface area contributed by atoms with Crippen molar-refractivity contribution in [1.82, 2.24) is 14.5 Å². The first-order valence-electron chi connectivity index (χ1n) is 5.96. The average molecular weight is 286 g/mol. The number of fused-ring (bicyclic) bond motifs is 1. The van der Waals surface area contributed by atoms with Crippen LogP contribution >= 0.6 is 23.2 Å². The molecule has 6 heteroatoms. The number of imidazole rings is 1. The predicted octanol–water partition coefficient (Wildman–Crippen LogP) is 3.00. The molecule has 0 amide bonds. The Morgan fingerprint density at radius 2 is 2.39 bits per heavy atom. The van der Waals surface area contributed by atoms with Gasteiger partial charge >= 0.3 is 0 Å². The van der Waals surface area contributed by atoms with Gasteiger partial charge in [0.1, 0.15) is 11.3 Å². The van der Waals surface area contributed by atoms with Crippen LogP contribution in [0.4, 0.5) is 0 Å². The van der Waals surface area contributed by atoms with Crippen LogP contribution in [0.15, 0.2) is 12.3 Å². The molecule has 1 fully saturated rings. The van der Waals surface area contributed by atoms with E-state index in [1.807, 2.05) is 10.6 Å². The first-order valence-corrected chi connectivity index (χ1v) is 6.87. The summed E-state index contributed by atoms with van der Waals surface area (Å²) in [7, 11) is 0. The lowest BCUT2D eigenvalue weighted by Crippen LogP contribution is -2.16. The molecule has 1 aliphatic heterocycles. The number of pyridine rings is 1. The zero-order chi connectivity index (χ0) is 12.5. The molecule has 1 atom stereocenters. The van der Waals surface area contributed by atoms with Gasteiger partial charge in [-0.05, 0) is 18.9 Å². The molecule has 3 rings (SSSR count). The zero-order valence-electron chi connectivity index (χ0n) is 9.77. The second kappa shape index (κ2) is 5.03. The minimum atomic E-state index is 0.238. The van der Waals surface area contributed by atoms with E-state index in [0.29, 0.717) is 10.9 Å². The highest BCUT2D eigenvalue weighted by Gasteiger charge is 2.20. The maximum Gasteiger partial charge on any atom is 0.160 e. The molecule has 2 aromatic heterocycles. The van der Waals surface area contributed by atoms with Gasteiger partial charge in [0.15, 0.2) is 5.65 Å². The molecular formula is C12H13Cl2N3O. The number of nitrogens with zero attached hydrogens (tertiary/aromatic N) is 3. The van der Waals surface area contributed by atoms with Gasteiger partial charge in [-0.25, -0.2) is 9.97 Å². The number of halogens is 2. The standard InChI is InChI=1S/C12H13Cl2N3O/c13-5-11-16-10-4-8(14)6-15-12(10)17(11)7-9-2-1-3-18-9/h4,6,9H,1-3,5,7H2. The van der Waals surface area contributed by atoms with Gasteiger partial charge in [-0.2, -0.15) is 0 Å². The Labute approximate surface area is 115 Å². The van der Waals surface area contributed by atoms with Crippen LogP contribution in [0.1, 0.15) is 18.7 Å². The number of rotatable bonds is 3. The molecule has 96 valence electrons. The fraction of sp³-hybridized carbons (Fsp3) is 0.500. The Bertz CT molecular complexity index is 564. The third-order valence-electron chi connectivity index (χ3n) is 3.16. The molecule has 4 nitrogen and oxygen atoms in total. The normalized spacial score (nSPS) is 19.8. The summed E-state index contributed by atoms with van der Waals surface area (Å²) in [6.07, 6.45) is 4.07. The van der Waals surface area contributed by atoms with Crippen molar-refractivity contribution < 1.29 is 4.74 Å². The van der Waals surface area contributed by atoms with E-state index in [1.165, 1.54) is 0 Å². The highest BCUT2D eigenvalue weighted by Crippen LogP contribution is 2.22. The van der Waals surface area contributed by atoms with E-state index in [4.69, 9.17) is 27.9 Å². The minimum absolute atomic E-state index is 0.238. The molecule has 3 heterocycles. The Balaban J connectivity index is 2.01. The summed E-state index contributed by atoms with van der Waals surface area (Å²) >= 11 is 11.9. The zero-order valence-corrected chi connectivity index (χ0v) is 11.3. The van der Waals surface area contributed by atoms with Crippen molar-refractivity contribution >= 4 is 34.4 Å². The van der Waals surface area contributed by atoms with Gasteiger partial charge < -0.3 is 9.30 Å². The van der Waals surface area contributed by atoms with Crippen molar-refractivity contribution in [3.8, 4) is 0 Å². The maximum absolute atomic E-state index is 5.94. The van der Waals surface area contributed by atoms with Crippen molar-refractivity contribution in [2.24, 2.45) is 0 Å². The van der Waals surface area contributed by atoms with Crippen LogP contribution in [-0.2, 0) is 17.2 Å². The number of alkyl halides is 1. The molecule has 1 aliphatic rings. The molecule has 0 bridgehead atoms. The lowest BCUT2D eigenvalue weighted by molar-refractivity contribution is 0.0972. The molecule has 2 aromatic rings. The highest BCUT2D eigenvalue weighted by atomic mass is 35.5. The van der Waals surface area contributed by atoms with Crippen molar-refractivity contribution in [3.05, 3.63) is 23.1 Å². The van der Waals surface area contributed by atoms with Gasteiger partial charge in [-0.15, -0.1) is 11.6 Å². The molecular weight excluding hydrogens is 273 g/mol. The number of hydrogen-bond acceptors (Lipinski definition) is 3. The van der Waals surface area contributed by atoms with E-state index in [0.717, 1.165) is 43.0 Å². The van der Waals surface area contributed by atoms with Gasteiger partial charge in [-0.3, -0.25) is 0 Å². The summed E-state index contributed by atoms with van der Waals surface area (Å²) in [5, 5.41) is 0.588. The molecule has 1 unspecified atom stereocenters. The monoisotopic (exact) mass is 285 g/mol. The lowest BCUT2D eigenvalue weighted by Gasteiger charge is -2.12. The maximum atomic E-state index is 5.94. The van der Waals surface area contributed by atoms with Crippen molar-refractivity contribution in [3.63, 3.8) is 0 Å². The first-order chi connectivity index (χ1) is 8.78. The van der Waals surface area contributed by atoms with Crippen molar-refractivity contribution in [2.45, 2.75) is 31.4 Å². The van der Waals surface area contributed by atoms with E-state index in [9.17, 15) is 0 Å². The van der Waals surface area contributed by atoms with Gasteiger partial charge in [0.05, 0.1) is 23.6 Å². The van der Waals surface area contributed by atoms with Crippen LogP contribution in [0.5, 0.6) is 0 Å². The van der Waals surface area contributed by atoms with Crippen molar-refractivity contribution in [2.75, 3.05) is 6.61 Å². The summed E-state index contributed by atoms with van der Waals surface area (Å²) < 4.78 is 7.69. The van der Waals surface area contributed by atoms with Crippen molar-refractivity contribution in [1.29, 1.82) is 0 Å². The largest absolute Gasteiger partial charge is 0.376 e. The van der Waals surface area contributed by atoms with Gasteiger partial charge in [-0.1, -0.05) is 11.6 Å². The SMILES string of the molecule is ClCc1nc2cc(Cl)cnc2n1CC1CCCO1. The average Bonchev–Trinajstić information content (AvgIpc) is 2.97. The molecule has 0 N–H and O–H groups in total. The van der Waals surface area contributed by atoms with Crippen LogP contribution in [0, 0.1) is 0 Å². The predicted molar refractivity (Wildman–Crippen MR) is 71.1 cm³/mol. The Morgan fingerprint density at radius 3 is 3.11 bits per heavy atom. The fourth-order valence-corrected chi connectivity index (χ4v) is 2.68. The molecule has 0 spiro atoms. The molecule has 0 aromatic carbocycles. The summed E-state index contributed by atoms with van der Waals surface area (Å²) in [4.78, 5) is 8.81. The highest BCUT2D eigenvalue weighted by molar-refractivity contribution is 6.31. The van der Waals surface area contributed by atoms with Gasteiger partial charge in [0.2, 0.25) is 0 Å². The number of ether oxygens (including phenoxy) is 1. The van der Waals surface area contributed by atoms with Crippen LogP contribution in [0.3, 0.4) is 0 Å². The van der Waals surface area contributed by atoms with E-state index in [2.05, 4.69) is 9.97 Å². The first kappa shape index (κ1) is 12.2. The van der Waals surface area contributed by atoms with Crippen LogP contribution < -0.4 is 0 Å². The number of aromatic nitrogens is 3. The van der Waals surface area contributed by atoms with Crippen LogP contribution in [-0.4, -0.2) is 27.2 Å². The smallest absolute Gasteiger partial charge is 0.160 e. The van der Waals surface area contributed by atoms with E-state index in [-0.39, 0.29) is 6.10 Å². The quantitative estimate of drug-likeness (QED) is 0.814. The summed E-state index contributed by atoms with van der Waals surface area (Å²) in [5.41, 5.74) is 1.61. The van der Waals surface area contributed by atoms with Gasteiger partial charge in [0, 0.05) is 12.8 Å². The summed E-state index contributed by atoms with van der Waals surface area (Å²) in [6.45, 7) is 1.60. The van der Waals surface area contributed by atoms with Crippen LogP contribution in [0.2, 0.25) is 5.02 Å². The summed E-state index contributed by atoms with van der Waals surface area (Å²) in [6, 6.07) is 1.81. The van der Waals surface area contributed by atoms with E-state index in [1.54, 1.807) is 6.20 Å². The molecule has 18 heavy (non-hydrogen) atoms. The van der Waals surface area contributed by atoms with Gasteiger partial charge in [0.25, 0.3) is 0 Å². The second-order valence-corrected chi connectivity index (χ2v) is 5.11. The minimum Gasteiger partial charge on any atom is -0.376 e. The van der Waals surface area contributed by atoms with E-state index >= 15 is 0 Å². The lowest BCUT2D eigenvalue weighted by atomic mass is 10.2. The third-order valence-corrected chi connectivity index (χ3v) is 3.61. The molecule has 1 saturated heterocycles. The fourth-order valence-electron chi connectivity index (χ4n) is 2.32. The summed E-state index contributed by atoms with van der Waals surface area (Å²) in [5.74, 6) is 1.18. The molecule has 0 radical (unpaired) electrons. The van der Waals surface area contributed by atoms with Crippen LogP contribution in [0.25, 0.3) is 11.2 Å².